The molecule has 1 aliphatic rings. The molecule has 0 radical (unpaired) electrons. The van der Waals surface area contributed by atoms with Gasteiger partial charge in [-0.05, 0) is 24.3 Å². The summed E-state index contributed by atoms with van der Waals surface area (Å²) in [6.07, 6.45) is -3.72. The Hall–Kier alpha value is -4.22. The van der Waals surface area contributed by atoms with Crippen molar-refractivity contribution in [2.45, 2.75) is 12.0 Å². The number of imidazole rings is 1. The summed E-state index contributed by atoms with van der Waals surface area (Å²) in [4.78, 5) is 32.0. The SMILES string of the molecule is COc1ccccc1-n1c2c([nH]c1=O)C=NC(C(N)=O)(c1cccc(OC(F)(F)F)c1)N2. The van der Waals surface area contributed by atoms with Gasteiger partial charge in [0.05, 0.1) is 19.0 Å². The molecule has 0 spiro atoms. The number of carbonyl (C=O) groups excluding carboxylic acids is 1. The van der Waals surface area contributed by atoms with Crippen LogP contribution in [0.3, 0.4) is 0 Å². The standard InChI is InChI=1S/C20H16F3N5O4/c1-31-15-8-3-2-7-14(15)28-16-13(26-18(28)30)10-25-19(27-16,17(24)29)11-5-4-6-12(9-11)32-20(21,22)23/h2-10,27H,1H3,(H2,24,29)(H,26,30). The summed E-state index contributed by atoms with van der Waals surface area (Å²) in [7, 11) is 1.43. The van der Waals surface area contributed by atoms with Gasteiger partial charge < -0.3 is 25.5 Å². The molecule has 0 saturated heterocycles. The fourth-order valence-electron chi connectivity index (χ4n) is 3.41. The van der Waals surface area contributed by atoms with Crippen LogP contribution in [0.25, 0.3) is 5.69 Å². The van der Waals surface area contributed by atoms with Crippen LogP contribution in [0.2, 0.25) is 0 Å². The predicted molar refractivity (Wildman–Crippen MR) is 108 cm³/mol. The predicted octanol–water partition coefficient (Wildman–Crippen LogP) is 2.26. The molecule has 12 heteroatoms. The number of alkyl halides is 3. The summed E-state index contributed by atoms with van der Waals surface area (Å²) in [5, 5.41) is 2.82. The van der Waals surface area contributed by atoms with E-state index in [0.29, 0.717) is 11.4 Å². The van der Waals surface area contributed by atoms with Crippen LogP contribution in [0.1, 0.15) is 11.3 Å². The van der Waals surface area contributed by atoms with E-state index in [1.807, 2.05) is 0 Å². The summed E-state index contributed by atoms with van der Waals surface area (Å²) in [5.74, 6) is -1.08. The summed E-state index contributed by atoms with van der Waals surface area (Å²) in [6, 6.07) is 11.3. The topological polar surface area (TPSA) is 124 Å². The van der Waals surface area contributed by atoms with E-state index in [2.05, 4.69) is 20.0 Å². The highest BCUT2D eigenvalue weighted by Gasteiger charge is 2.43. The molecular weight excluding hydrogens is 431 g/mol. The Morgan fingerprint density at radius 1 is 1.19 bits per heavy atom. The number of anilines is 1. The first-order valence-corrected chi connectivity index (χ1v) is 9.12. The molecule has 32 heavy (non-hydrogen) atoms. The Labute approximate surface area is 178 Å². The van der Waals surface area contributed by atoms with E-state index in [9.17, 15) is 22.8 Å². The van der Waals surface area contributed by atoms with Gasteiger partial charge in [0.2, 0.25) is 5.66 Å². The third-order valence-electron chi connectivity index (χ3n) is 4.78. The maximum absolute atomic E-state index is 12.7. The van der Waals surface area contributed by atoms with Gasteiger partial charge >= 0.3 is 12.1 Å². The molecule has 0 fully saturated rings. The number of benzene rings is 2. The number of nitrogens with one attached hydrogen (secondary N) is 2. The molecule has 1 amide bonds. The monoisotopic (exact) mass is 447 g/mol. The lowest BCUT2D eigenvalue weighted by Crippen LogP contribution is -2.48. The number of nitrogens with two attached hydrogens (primary N) is 1. The van der Waals surface area contributed by atoms with Crippen molar-refractivity contribution in [2.24, 2.45) is 10.7 Å². The maximum atomic E-state index is 12.7. The summed E-state index contributed by atoms with van der Waals surface area (Å²) in [5.41, 5.74) is 3.63. The minimum Gasteiger partial charge on any atom is -0.495 e. The smallest absolute Gasteiger partial charge is 0.495 e. The molecule has 1 aliphatic heterocycles. The Morgan fingerprint density at radius 3 is 2.62 bits per heavy atom. The second-order valence-corrected chi connectivity index (χ2v) is 6.73. The quantitative estimate of drug-likeness (QED) is 0.554. The fourth-order valence-corrected chi connectivity index (χ4v) is 3.41. The molecule has 4 N–H and O–H groups in total. The molecule has 3 aromatic rings. The third-order valence-corrected chi connectivity index (χ3v) is 4.78. The van der Waals surface area contributed by atoms with E-state index in [-0.39, 0.29) is 17.1 Å². The van der Waals surface area contributed by atoms with Crippen LogP contribution in [-0.4, -0.2) is 35.1 Å². The lowest BCUT2D eigenvalue weighted by atomic mass is 9.97. The normalized spacial score (nSPS) is 17.4. The van der Waals surface area contributed by atoms with Gasteiger partial charge in [-0.2, -0.15) is 0 Å². The van der Waals surface area contributed by atoms with Crippen LogP contribution in [0, 0.1) is 0 Å². The van der Waals surface area contributed by atoms with E-state index in [1.54, 1.807) is 24.3 Å². The molecule has 9 nitrogen and oxygen atoms in total. The Morgan fingerprint density at radius 2 is 1.94 bits per heavy atom. The first-order chi connectivity index (χ1) is 15.1. The van der Waals surface area contributed by atoms with E-state index < -0.39 is 29.4 Å². The van der Waals surface area contributed by atoms with Crippen LogP contribution >= 0.6 is 0 Å². The number of H-pyrrole nitrogens is 1. The third kappa shape index (κ3) is 3.55. The van der Waals surface area contributed by atoms with E-state index in [4.69, 9.17) is 10.5 Å². The molecule has 1 atom stereocenters. The number of primary amides is 1. The average Bonchev–Trinajstić information content (AvgIpc) is 3.06. The van der Waals surface area contributed by atoms with Crippen molar-refractivity contribution in [2.75, 3.05) is 12.4 Å². The number of aliphatic imine (C=N–C) groups is 1. The number of hydrogen-bond donors (Lipinski definition) is 3. The van der Waals surface area contributed by atoms with Crippen LogP contribution in [0.15, 0.2) is 58.3 Å². The van der Waals surface area contributed by atoms with Gasteiger partial charge in [0.1, 0.15) is 23.0 Å². The van der Waals surface area contributed by atoms with Gasteiger partial charge in [0, 0.05) is 5.56 Å². The summed E-state index contributed by atoms with van der Waals surface area (Å²) in [6.45, 7) is 0. The van der Waals surface area contributed by atoms with Crippen molar-refractivity contribution in [3.63, 3.8) is 0 Å². The molecule has 166 valence electrons. The molecule has 2 aromatic carbocycles. The number of hydrogen-bond acceptors (Lipinski definition) is 6. The fraction of sp³-hybridized carbons (Fsp3) is 0.150. The van der Waals surface area contributed by atoms with E-state index in [0.717, 1.165) is 12.1 Å². The number of amides is 1. The Bertz CT molecular complexity index is 1280. The first-order valence-electron chi connectivity index (χ1n) is 9.12. The second kappa shape index (κ2) is 7.48. The van der Waals surface area contributed by atoms with Crippen LogP contribution in [-0.2, 0) is 10.5 Å². The van der Waals surface area contributed by atoms with Gasteiger partial charge in [0.25, 0.3) is 5.91 Å². The van der Waals surface area contributed by atoms with Crippen molar-refractivity contribution in [3.05, 3.63) is 70.3 Å². The zero-order chi connectivity index (χ0) is 23.1. The second-order valence-electron chi connectivity index (χ2n) is 6.73. The number of halogens is 3. The van der Waals surface area contributed by atoms with Gasteiger partial charge in [-0.1, -0.05) is 24.3 Å². The molecular formula is C20H16F3N5O4. The largest absolute Gasteiger partial charge is 0.573 e. The van der Waals surface area contributed by atoms with Crippen LogP contribution in [0.5, 0.6) is 11.5 Å². The Balaban J connectivity index is 1.85. The number of rotatable bonds is 5. The highest BCUT2D eigenvalue weighted by Crippen LogP contribution is 2.36. The highest BCUT2D eigenvalue weighted by atomic mass is 19.4. The molecule has 1 unspecified atom stereocenters. The minimum absolute atomic E-state index is 0.0196. The molecule has 4 rings (SSSR count). The van der Waals surface area contributed by atoms with Gasteiger partial charge in [-0.3, -0.25) is 4.79 Å². The highest BCUT2D eigenvalue weighted by molar-refractivity contribution is 5.97. The zero-order valence-corrected chi connectivity index (χ0v) is 16.4. The summed E-state index contributed by atoms with van der Waals surface area (Å²) >= 11 is 0. The minimum atomic E-state index is -4.93. The lowest BCUT2D eigenvalue weighted by molar-refractivity contribution is -0.274. The van der Waals surface area contributed by atoms with Crippen molar-refractivity contribution in [1.29, 1.82) is 0 Å². The lowest BCUT2D eigenvalue weighted by Gasteiger charge is -2.32. The maximum Gasteiger partial charge on any atom is 0.573 e. The molecule has 2 heterocycles. The number of methoxy groups -OCH3 is 1. The molecule has 0 bridgehead atoms. The molecule has 0 aliphatic carbocycles. The van der Waals surface area contributed by atoms with Crippen molar-refractivity contribution < 1.29 is 27.4 Å². The Kier molecular flexibility index (Phi) is 4.92. The number of fused-ring (bicyclic) bond motifs is 1. The number of aromatic nitrogens is 2. The zero-order valence-electron chi connectivity index (χ0n) is 16.4. The number of nitrogens with zero attached hydrogens (tertiary/aromatic N) is 2. The number of carbonyl (C=O) groups is 1. The molecule has 1 aromatic heterocycles. The van der Waals surface area contributed by atoms with Crippen molar-refractivity contribution in [1.82, 2.24) is 9.55 Å². The van der Waals surface area contributed by atoms with Gasteiger partial charge in [-0.15, -0.1) is 13.2 Å². The number of ether oxygens (including phenoxy) is 2. The van der Waals surface area contributed by atoms with Crippen LogP contribution in [0.4, 0.5) is 19.0 Å². The molecule has 0 saturated carbocycles. The number of aromatic amines is 1. The average molecular weight is 447 g/mol. The first kappa shape index (κ1) is 21.0. The van der Waals surface area contributed by atoms with E-state index in [1.165, 1.54) is 30.0 Å². The van der Waals surface area contributed by atoms with Gasteiger partial charge in [-0.25, -0.2) is 14.4 Å². The van der Waals surface area contributed by atoms with Crippen molar-refractivity contribution >= 4 is 17.9 Å². The van der Waals surface area contributed by atoms with Gasteiger partial charge in [0.15, 0.2) is 0 Å². The van der Waals surface area contributed by atoms with E-state index >= 15 is 0 Å². The van der Waals surface area contributed by atoms with Crippen molar-refractivity contribution in [3.8, 4) is 17.2 Å². The van der Waals surface area contributed by atoms with Crippen LogP contribution < -0.4 is 26.2 Å². The number of para-hydroxylation sites is 2. The summed E-state index contributed by atoms with van der Waals surface area (Å²) < 4.78 is 48.5.